The molecule has 3 heteroatoms. The summed E-state index contributed by atoms with van der Waals surface area (Å²) >= 11 is 0. The molecule has 1 aromatic heterocycles. The number of rotatable bonds is 3. The van der Waals surface area contributed by atoms with Crippen LogP contribution >= 0.6 is 0 Å². The fraction of sp³-hybridized carbons (Fsp3) is 0.158. The molecule has 0 aliphatic rings. The summed E-state index contributed by atoms with van der Waals surface area (Å²) in [7, 11) is 3.69. The average molecular weight is 291 g/mol. The van der Waals surface area contributed by atoms with E-state index < -0.39 is 0 Å². The van der Waals surface area contributed by atoms with Gasteiger partial charge in [0, 0.05) is 5.56 Å². The van der Waals surface area contributed by atoms with E-state index in [1.165, 1.54) is 5.56 Å². The average Bonchev–Trinajstić information content (AvgIpc) is 2.56. The minimum Gasteiger partial charge on any atom is -0.476 e. The lowest BCUT2D eigenvalue weighted by atomic mass is 10.1. The number of hydrogen-bond donors (Lipinski definition) is 0. The van der Waals surface area contributed by atoms with Gasteiger partial charge in [0.15, 0.2) is 6.20 Å². The van der Waals surface area contributed by atoms with Gasteiger partial charge in [0.1, 0.15) is 12.7 Å². The van der Waals surface area contributed by atoms with Crippen LogP contribution < -0.4 is 9.30 Å². The molecule has 0 bridgehead atoms. The fourth-order valence-corrected chi connectivity index (χ4v) is 2.62. The van der Waals surface area contributed by atoms with E-state index >= 15 is 0 Å². The van der Waals surface area contributed by atoms with Crippen molar-refractivity contribution >= 4 is 0 Å². The van der Waals surface area contributed by atoms with E-state index in [1.807, 2.05) is 43.6 Å². The molecule has 3 aromatic rings. The second-order valence-corrected chi connectivity index (χ2v) is 5.28. The van der Waals surface area contributed by atoms with Crippen molar-refractivity contribution in [2.45, 2.75) is 6.92 Å². The molecule has 0 radical (unpaired) electrons. The Bertz CT molecular complexity index is 798. The molecule has 1 heterocycles. The van der Waals surface area contributed by atoms with Crippen molar-refractivity contribution < 1.29 is 9.30 Å². The van der Waals surface area contributed by atoms with Crippen molar-refractivity contribution in [3.63, 3.8) is 0 Å². The number of methoxy groups -OCH3 is 1. The van der Waals surface area contributed by atoms with Crippen LogP contribution in [0, 0.1) is 6.92 Å². The summed E-state index contributed by atoms with van der Waals surface area (Å²) in [6.07, 6.45) is 2.04. The van der Waals surface area contributed by atoms with E-state index in [4.69, 9.17) is 9.72 Å². The van der Waals surface area contributed by atoms with E-state index in [-0.39, 0.29) is 0 Å². The summed E-state index contributed by atoms with van der Waals surface area (Å²) < 4.78 is 7.65. The largest absolute Gasteiger partial charge is 0.476 e. The first-order valence-corrected chi connectivity index (χ1v) is 7.27. The summed E-state index contributed by atoms with van der Waals surface area (Å²) in [6, 6.07) is 18.4. The van der Waals surface area contributed by atoms with Crippen LogP contribution in [0.3, 0.4) is 0 Å². The maximum atomic E-state index is 5.57. The normalized spacial score (nSPS) is 10.5. The van der Waals surface area contributed by atoms with Crippen molar-refractivity contribution in [3.8, 4) is 28.4 Å². The van der Waals surface area contributed by atoms with Gasteiger partial charge in [-0.15, -0.1) is 0 Å². The molecule has 22 heavy (non-hydrogen) atoms. The third-order valence-corrected chi connectivity index (χ3v) is 3.76. The predicted molar refractivity (Wildman–Crippen MR) is 87.6 cm³/mol. The first-order chi connectivity index (χ1) is 10.7. The standard InChI is InChI=1S/C19H19N2O/c1-14-9-7-8-12-16(14)18-19(22-3)20-17(13-21(18)2)15-10-5-4-6-11-15/h4-13H,1-3H3/q+1. The van der Waals surface area contributed by atoms with E-state index in [0.717, 1.165) is 22.5 Å². The highest BCUT2D eigenvalue weighted by Gasteiger charge is 2.22. The zero-order chi connectivity index (χ0) is 15.5. The molecule has 0 saturated heterocycles. The summed E-state index contributed by atoms with van der Waals surface area (Å²) in [5, 5.41) is 0. The van der Waals surface area contributed by atoms with Gasteiger partial charge >= 0.3 is 0 Å². The topological polar surface area (TPSA) is 26.0 Å². The third-order valence-electron chi connectivity index (χ3n) is 3.76. The zero-order valence-electron chi connectivity index (χ0n) is 13.1. The molecule has 0 aliphatic heterocycles. The van der Waals surface area contributed by atoms with Gasteiger partial charge in [-0.3, -0.25) is 0 Å². The highest BCUT2D eigenvalue weighted by molar-refractivity contribution is 5.67. The second kappa shape index (κ2) is 5.98. The van der Waals surface area contributed by atoms with Crippen LogP contribution in [-0.4, -0.2) is 12.1 Å². The monoisotopic (exact) mass is 291 g/mol. The Labute approximate surface area is 130 Å². The number of nitrogens with zero attached hydrogens (tertiary/aromatic N) is 2. The summed E-state index contributed by atoms with van der Waals surface area (Å²) in [6.45, 7) is 2.10. The Balaban J connectivity index is 2.20. The summed E-state index contributed by atoms with van der Waals surface area (Å²) in [5.41, 5.74) is 5.30. The minimum absolute atomic E-state index is 0.637. The summed E-state index contributed by atoms with van der Waals surface area (Å²) in [5.74, 6) is 0.637. The molecule has 2 aromatic carbocycles. The quantitative estimate of drug-likeness (QED) is 0.690. The van der Waals surface area contributed by atoms with Crippen LogP contribution in [0.5, 0.6) is 5.88 Å². The van der Waals surface area contributed by atoms with Gasteiger partial charge in [-0.05, 0) is 18.6 Å². The minimum atomic E-state index is 0.637. The van der Waals surface area contributed by atoms with Crippen molar-refractivity contribution in [1.29, 1.82) is 0 Å². The maximum absolute atomic E-state index is 5.57. The van der Waals surface area contributed by atoms with Crippen molar-refractivity contribution in [2.75, 3.05) is 7.11 Å². The number of aromatic nitrogens is 2. The molecular weight excluding hydrogens is 272 g/mol. The molecule has 0 aliphatic carbocycles. The van der Waals surface area contributed by atoms with Crippen molar-refractivity contribution in [2.24, 2.45) is 7.05 Å². The smallest absolute Gasteiger partial charge is 0.289 e. The SMILES string of the molecule is COc1nc(-c2ccccc2)c[n+](C)c1-c1ccccc1C. The number of aryl methyl sites for hydroxylation is 2. The summed E-state index contributed by atoms with van der Waals surface area (Å²) in [4.78, 5) is 4.70. The highest BCUT2D eigenvalue weighted by atomic mass is 16.5. The van der Waals surface area contributed by atoms with Gasteiger partial charge in [-0.25, -0.2) is 4.98 Å². The molecule has 0 fully saturated rings. The Morgan fingerprint density at radius 2 is 1.64 bits per heavy atom. The van der Waals surface area contributed by atoms with Crippen LogP contribution in [0.25, 0.3) is 22.5 Å². The molecular formula is C19H19N2O+. The van der Waals surface area contributed by atoms with Gasteiger partial charge in [0.05, 0.1) is 12.7 Å². The van der Waals surface area contributed by atoms with E-state index in [2.05, 4.69) is 35.8 Å². The van der Waals surface area contributed by atoms with Crippen LogP contribution in [0.2, 0.25) is 0 Å². The molecule has 3 nitrogen and oxygen atoms in total. The second-order valence-electron chi connectivity index (χ2n) is 5.28. The van der Waals surface area contributed by atoms with Gasteiger partial charge in [0.2, 0.25) is 0 Å². The Morgan fingerprint density at radius 1 is 0.955 bits per heavy atom. The van der Waals surface area contributed by atoms with Gasteiger partial charge in [-0.2, -0.15) is 4.57 Å². The molecule has 0 spiro atoms. The van der Waals surface area contributed by atoms with Crippen LogP contribution in [0.1, 0.15) is 5.56 Å². The fourth-order valence-electron chi connectivity index (χ4n) is 2.62. The highest BCUT2D eigenvalue weighted by Crippen LogP contribution is 2.29. The Morgan fingerprint density at radius 3 is 2.32 bits per heavy atom. The van der Waals surface area contributed by atoms with E-state index in [0.29, 0.717) is 5.88 Å². The van der Waals surface area contributed by atoms with E-state index in [1.54, 1.807) is 7.11 Å². The Kier molecular flexibility index (Phi) is 3.88. The molecule has 0 amide bonds. The zero-order valence-corrected chi connectivity index (χ0v) is 13.1. The molecule has 3 rings (SSSR count). The lowest BCUT2D eigenvalue weighted by Gasteiger charge is -2.09. The first-order valence-electron chi connectivity index (χ1n) is 7.27. The Hall–Kier alpha value is -2.68. The number of hydrogen-bond acceptors (Lipinski definition) is 2. The predicted octanol–water partition coefficient (Wildman–Crippen LogP) is 3.56. The number of benzene rings is 2. The van der Waals surface area contributed by atoms with E-state index in [9.17, 15) is 0 Å². The van der Waals surface area contributed by atoms with Crippen molar-refractivity contribution in [3.05, 3.63) is 66.4 Å². The van der Waals surface area contributed by atoms with Gasteiger partial charge in [-0.1, -0.05) is 48.5 Å². The lowest BCUT2D eigenvalue weighted by molar-refractivity contribution is -0.660. The maximum Gasteiger partial charge on any atom is 0.289 e. The first kappa shape index (κ1) is 14.3. The van der Waals surface area contributed by atoms with Crippen molar-refractivity contribution in [1.82, 2.24) is 4.98 Å². The van der Waals surface area contributed by atoms with Crippen LogP contribution in [0.15, 0.2) is 60.8 Å². The number of ether oxygens (including phenoxy) is 1. The van der Waals surface area contributed by atoms with Gasteiger partial charge < -0.3 is 4.74 Å². The van der Waals surface area contributed by atoms with Crippen LogP contribution in [0.4, 0.5) is 0 Å². The molecule has 110 valence electrons. The van der Waals surface area contributed by atoms with Gasteiger partial charge in [0.25, 0.3) is 11.6 Å². The van der Waals surface area contributed by atoms with Crippen LogP contribution in [-0.2, 0) is 7.05 Å². The molecule has 0 unspecified atom stereocenters. The lowest BCUT2D eigenvalue weighted by Crippen LogP contribution is -2.32. The molecule has 0 atom stereocenters. The molecule has 0 N–H and O–H groups in total. The third kappa shape index (κ3) is 2.58. The molecule has 0 saturated carbocycles.